The molecule has 0 spiro atoms. The quantitative estimate of drug-likeness (QED) is 0.628. The second-order valence-electron chi connectivity index (χ2n) is 5.77. The molecule has 1 aliphatic heterocycles. The second kappa shape index (κ2) is 6.00. The Kier molecular flexibility index (Phi) is 3.80. The zero-order valence-corrected chi connectivity index (χ0v) is 14.9. The fourth-order valence-electron chi connectivity index (χ4n) is 3.03. The highest BCUT2D eigenvalue weighted by Gasteiger charge is 2.28. The number of carbonyl (C=O) groups excluding carboxylic acids is 2. The number of methoxy groups -OCH3 is 1. The van der Waals surface area contributed by atoms with Crippen LogP contribution in [-0.2, 0) is 17.8 Å². The number of aromatic nitrogens is 1. The number of hydrogen-bond donors (Lipinski definition) is 0. The lowest BCUT2D eigenvalue weighted by Gasteiger charge is -2.13. The summed E-state index contributed by atoms with van der Waals surface area (Å²) in [5.41, 5.74) is 2.37. The molecule has 0 fully saturated rings. The molecule has 0 radical (unpaired) electrons. The van der Waals surface area contributed by atoms with Crippen LogP contribution >= 0.6 is 15.9 Å². The van der Waals surface area contributed by atoms with Gasteiger partial charge in [0.05, 0.1) is 19.2 Å². The van der Waals surface area contributed by atoms with Crippen LogP contribution in [0.3, 0.4) is 0 Å². The number of rotatable bonds is 3. The maximum atomic E-state index is 12.5. The third kappa shape index (κ3) is 2.70. The Morgan fingerprint density at radius 2 is 2.24 bits per heavy atom. The van der Waals surface area contributed by atoms with Gasteiger partial charge in [-0.3, -0.25) is 9.78 Å². The van der Waals surface area contributed by atoms with Crippen molar-refractivity contribution in [1.29, 1.82) is 0 Å². The van der Waals surface area contributed by atoms with E-state index >= 15 is 0 Å². The fraction of sp³-hybridized carbons (Fsp3) is 0.167. The summed E-state index contributed by atoms with van der Waals surface area (Å²) in [5, 5.41) is 0.774. The first-order valence-electron chi connectivity index (χ1n) is 7.59. The number of hydrogen-bond acceptors (Lipinski definition) is 5. The van der Waals surface area contributed by atoms with Gasteiger partial charge in [-0.05, 0) is 29.8 Å². The van der Waals surface area contributed by atoms with Gasteiger partial charge in [-0.2, -0.15) is 0 Å². The van der Waals surface area contributed by atoms with Crippen molar-refractivity contribution in [2.24, 2.45) is 0 Å². The molecular formula is C18H13BrN2O4. The van der Waals surface area contributed by atoms with E-state index in [1.807, 2.05) is 18.2 Å². The van der Waals surface area contributed by atoms with E-state index in [0.29, 0.717) is 35.6 Å². The SMILES string of the molecule is COC(=O)c1cc(Br)cc2cc(CN3Cc4ccncc4C3=O)oc12. The van der Waals surface area contributed by atoms with Crippen LogP contribution in [0.5, 0.6) is 0 Å². The standard InChI is InChI=1S/C18H13BrN2O4/c1-24-18(23)14-6-12(19)4-11-5-13(25-16(11)14)9-21-8-10-2-3-20-7-15(10)17(21)22/h2-7H,8-9H2,1H3. The minimum absolute atomic E-state index is 0.0714. The van der Waals surface area contributed by atoms with Gasteiger partial charge >= 0.3 is 5.97 Å². The molecule has 0 unspecified atom stereocenters. The molecule has 25 heavy (non-hydrogen) atoms. The molecule has 4 rings (SSSR count). The lowest BCUT2D eigenvalue weighted by molar-refractivity contribution is 0.0600. The van der Waals surface area contributed by atoms with Crippen LogP contribution in [0.4, 0.5) is 0 Å². The minimum Gasteiger partial charge on any atom is -0.465 e. The van der Waals surface area contributed by atoms with E-state index in [2.05, 4.69) is 20.9 Å². The van der Waals surface area contributed by atoms with Crippen LogP contribution in [0.1, 0.15) is 32.0 Å². The van der Waals surface area contributed by atoms with Crippen LogP contribution in [0.25, 0.3) is 11.0 Å². The van der Waals surface area contributed by atoms with Gasteiger partial charge in [0.1, 0.15) is 16.9 Å². The molecule has 126 valence electrons. The number of halogens is 1. The molecule has 0 N–H and O–H groups in total. The molecular weight excluding hydrogens is 388 g/mol. The predicted molar refractivity (Wildman–Crippen MR) is 93.1 cm³/mol. The molecule has 2 aromatic heterocycles. The van der Waals surface area contributed by atoms with Crippen LogP contribution in [0.2, 0.25) is 0 Å². The topological polar surface area (TPSA) is 72.6 Å². The third-order valence-corrected chi connectivity index (χ3v) is 4.63. The maximum absolute atomic E-state index is 12.5. The molecule has 0 bridgehead atoms. The zero-order chi connectivity index (χ0) is 17.6. The number of amides is 1. The predicted octanol–water partition coefficient (Wildman–Crippen LogP) is 3.53. The number of ether oxygens (including phenoxy) is 1. The Bertz CT molecular complexity index is 1010. The Morgan fingerprint density at radius 1 is 1.40 bits per heavy atom. The Hall–Kier alpha value is -2.67. The van der Waals surface area contributed by atoms with E-state index in [1.165, 1.54) is 7.11 Å². The van der Waals surface area contributed by atoms with E-state index < -0.39 is 5.97 Å². The number of nitrogens with zero attached hydrogens (tertiary/aromatic N) is 2. The number of esters is 1. The normalized spacial score (nSPS) is 13.4. The second-order valence-corrected chi connectivity index (χ2v) is 6.69. The molecule has 0 atom stereocenters. The van der Waals surface area contributed by atoms with Gasteiger partial charge in [-0.25, -0.2) is 4.79 Å². The molecule has 6 nitrogen and oxygen atoms in total. The van der Waals surface area contributed by atoms with E-state index in [-0.39, 0.29) is 5.91 Å². The number of pyridine rings is 1. The van der Waals surface area contributed by atoms with E-state index in [4.69, 9.17) is 9.15 Å². The summed E-state index contributed by atoms with van der Waals surface area (Å²) in [6, 6.07) is 7.20. The summed E-state index contributed by atoms with van der Waals surface area (Å²) in [6.07, 6.45) is 3.26. The summed E-state index contributed by atoms with van der Waals surface area (Å²) >= 11 is 3.39. The van der Waals surface area contributed by atoms with Gasteiger partial charge in [-0.15, -0.1) is 0 Å². The first-order chi connectivity index (χ1) is 12.1. The van der Waals surface area contributed by atoms with Gasteiger partial charge < -0.3 is 14.1 Å². The smallest absolute Gasteiger partial charge is 0.341 e. The Morgan fingerprint density at radius 3 is 3.00 bits per heavy atom. The summed E-state index contributed by atoms with van der Waals surface area (Å²) in [5.74, 6) is 0.0632. The zero-order valence-electron chi connectivity index (χ0n) is 13.3. The van der Waals surface area contributed by atoms with Gasteiger partial charge in [0.2, 0.25) is 0 Å². The molecule has 0 saturated carbocycles. The Labute approximate surface area is 151 Å². The van der Waals surface area contributed by atoms with Gasteiger partial charge in [-0.1, -0.05) is 15.9 Å². The maximum Gasteiger partial charge on any atom is 0.341 e. The highest BCUT2D eigenvalue weighted by Crippen LogP contribution is 2.30. The van der Waals surface area contributed by atoms with E-state index in [0.717, 1.165) is 15.4 Å². The third-order valence-electron chi connectivity index (χ3n) is 4.17. The number of furan rings is 1. The summed E-state index contributed by atoms with van der Waals surface area (Å²) < 4.78 is 11.4. The average molecular weight is 401 g/mol. The lowest BCUT2D eigenvalue weighted by atomic mass is 10.1. The number of carbonyl (C=O) groups is 2. The number of benzene rings is 1. The van der Waals surface area contributed by atoms with Crippen LogP contribution in [0, 0.1) is 0 Å². The highest BCUT2D eigenvalue weighted by molar-refractivity contribution is 9.10. The van der Waals surface area contributed by atoms with Gasteiger partial charge in [0.25, 0.3) is 5.91 Å². The van der Waals surface area contributed by atoms with Crippen molar-refractivity contribution in [2.75, 3.05) is 7.11 Å². The summed E-state index contributed by atoms with van der Waals surface area (Å²) in [7, 11) is 1.33. The monoisotopic (exact) mass is 400 g/mol. The molecule has 1 aromatic carbocycles. The van der Waals surface area contributed by atoms with Crippen LogP contribution in [-0.4, -0.2) is 28.9 Å². The molecule has 7 heteroatoms. The Balaban J connectivity index is 1.68. The fourth-order valence-corrected chi connectivity index (χ4v) is 3.50. The molecule has 3 heterocycles. The first kappa shape index (κ1) is 15.8. The first-order valence-corrected chi connectivity index (χ1v) is 8.38. The van der Waals surface area contributed by atoms with Crippen molar-refractivity contribution in [3.63, 3.8) is 0 Å². The van der Waals surface area contributed by atoms with E-state index in [1.54, 1.807) is 23.4 Å². The average Bonchev–Trinajstić information content (AvgIpc) is 3.15. The highest BCUT2D eigenvalue weighted by atomic mass is 79.9. The molecule has 0 saturated heterocycles. The van der Waals surface area contributed by atoms with E-state index in [9.17, 15) is 9.59 Å². The summed E-state index contributed by atoms with van der Waals surface area (Å²) in [6.45, 7) is 0.835. The molecule has 1 amide bonds. The van der Waals surface area contributed by atoms with Crippen molar-refractivity contribution in [3.8, 4) is 0 Å². The van der Waals surface area contributed by atoms with Gasteiger partial charge in [0, 0.05) is 28.8 Å². The van der Waals surface area contributed by atoms with Crippen molar-refractivity contribution >= 4 is 38.8 Å². The minimum atomic E-state index is -0.470. The van der Waals surface area contributed by atoms with Gasteiger partial charge in [0.15, 0.2) is 0 Å². The lowest BCUT2D eigenvalue weighted by Crippen LogP contribution is -2.22. The van der Waals surface area contributed by atoms with Crippen molar-refractivity contribution in [3.05, 3.63) is 63.6 Å². The summed E-state index contributed by atoms with van der Waals surface area (Å²) in [4.78, 5) is 30.1. The number of fused-ring (bicyclic) bond motifs is 2. The molecule has 3 aromatic rings. The van der Waals surface area contributed by atoms with Crippen LogP contribution in [0.15, 0.2) is 45.5 Å². The largest absolute Gasteiger partial charge is 0.465 e. The van der Waals surface area contributed by atoms with Crippen molar-refractivity contribution < 1.29 is 18.7 Å². The molecule has 0 aliphatic carbocycles. The van der Waals surface area contributed by atoms with Crippen molar-refractivity contribution in [1.82, 2.24) is 9.88 Å². The molecule has 1 aliphatic rings. The van der Waals surface area contributed by atoms with Crippen LogP contribution < -0.4 is 0 Å². The van der Waals surface area contributed by atoms with Crippen molar-refractivity contribution in [2.45, 2.75) is 13.1 Å².